The Balaban J connectivity index is 1.41. The molecular weight excluding hydrogens is 418 g/mol. The molecule has 0 saturated heterocycles. The topological polar surface area (TPSA) is 83.1 Å². The minimum absolute atomic E-state index is 0.195. The highest BCUT2D eigenvalue weighted by molar-refractivity contribution is 9.10. The first-order chi connectivity index (χ1) is 13.0. The zero-order valence-electron chi connectivity index (χ0n) is 14.6. The predicted molar refractivity (Wildman–Crippen MR) is 99.6 cm³/mol. The Morgan fingerprint density at radius 1 is 1.15 bits per heavy atom. The molecule has 3 rings (SSSR count). The minimum atomic E-state index is -0.931. The van der Waals surface area contributed by atoms with Crippen LogP contribution in [0, 0.1) is 0 Å². The molecule has 142 valence electrons. The van der Waals surface area contributed by atoms with E-state index in [0.717, 1.165) is 10.0 Å². The summed E-state index contributed by atoms with van der Waals surface area (Å²) in [5.41, 5.74) is 0.852. The van der Waals surface area contributed by atoms with Crippen LogP contribution in [0.4, 0.5) is 0 Å². The van der Waals surface area contributed by atoms with Crippen molar-refractivity contribution in [1.29, 1.82) is 0 Å². The summed E-state index contributed by atoms with van der Waals surface area (Å²) in [6.45, 7) is 1.71. The number of carbonyl (C=O) groups is 2. The van der Waals surface area contributed by atoms with Gasteiger partial charge in [-0.2, -0.15) is 0 Å². The van der Waals surface area contributed by atoms with Crippen molar-refractivity contribution in [3.8, 4) is 17.2 Å². The number of benzene rings is 2. The van der Waals surface area contributed by atoms with Crippen LogP contribution in [0.2, 0.25) is 0 Å². The Morgan fingerprint density at radius 3 is 2.67 bits per heavy atom. The first kappa shape index (κ1) is 19.0. The second kappa shape index (κ2) is 8.77. The van der Waals surface area contributed by atoms with Gasteiger partial charge in [0.25, 0.3) is 5.91 Å². The first-order valence-corrected chi connectivity index (χ1v) is 9.04. The average Bonchev–Trinajstić information content (AvgIpc) is 3.13. The second-order valence-corrected chi connectivity index (χ2v) is 6.70. The Labute approximate surface area is 164 Å². The normalized spacial score (nSPS) is 13.0. The van der Waals surface area contributed by atoms with E-state index < -0.39 is 18.0 Å². The van der Waals surface area contributed by atoms with E-state index in [-0.39, 0.29) is 19.9 Å². The summed E-state index contributed by atoms with van der Waals surface area (Å²) < 4.78 is 21.9. The third-order valence-corrected chi connectivity index (χ3v) is 4.28. The SMILES string of the molecule is CC(OC(=O)COc1ccc(Br)cc1)C(=O)NCc1ccc2c(c1)OCO2. The van der Waals surface area contributed by atoms with Crippen molar-refractivity contribution in [2.75, 3.05) is 13.4 Å². The smallest absolute Gasteiger partial charge is 0.344 e. The average molecular weight is 436 g/mol. The number of nitrogens with one attached hydrogen (secondary N) is 1. The van der Waals surface area contributed by atoms with Crippen LogP contribution in [0.25, 0.3) is 0 Å². The highest BCUT2D eigenvalue weighted by Gasteiger charge is 2.19. The lowest BCUT2D eigenvalue weighted by Gasteiger charge is -2.14. The summed E-state index contributed by atoms with van der Waals surface area (Å²) in [6.07, 6.45) is -0.931. The van der Waals surface area contributed by atoms with Gasteiger partial charge >= 0.3 is 5.97 Å². The highest BCUT2D eigenvalue weighted by atomic mass is 79.9. The Morgan fingerprint density at radius 2 is 1.89 bits per heavy atom. The largest absolute Gasteiger partial charge is 0.482 e. The van der Waals surface area contributed by atoms with Crippen molar-refractivity contribution in [2.24, 2.45) is 0 Å². The second-order valence-electron chi connectivity index (χ2n) is 5.78. The van der Waals surface area contributed by atoms with Crippen LogP contribution in [-0.2, 0) is 20.9 Å². The van der Waals surface area contributed by atoms with Crippen LogP contribution in [-0.4, -0.2) is 31.4 Å². The van der Waals surface area contributed by atoms with Crippen molar-refractivity contribution < 1.29 is 28.5 Å². The van der Waals surface area contributed by atoms with Gasteiger partial charge in [0.2, 0.25) is 6.79 Å². The third-order valence-electron chi connectivity index (χ3n) is 3.75. The molecule has 8 heteroatoms. The van der Waals surface area contributed by atoms with Crippen LogP contribution in [0.1, 0.15) is 12.5 Å². The Hall–Kier alpha value is -2.74. The van der Waals surface area contributed by atoms with E-state index >= 15 is 0 Å². The number of amides is 1. The van der Waals surface area contributed by atoms with Gasteiger partial charge in [-0.15, -0.1) is 0 Å². The molecule has 1 N–H and O–H groups in total. The van der Waals surface area contributed by atoms with Crippen molar-refractivity contribution >= 4 is 27.8 Å². The van der Waals surface area contributed by atoms with Crippen molar-refractivity contribution in [1.82, 2.24) is 5.32 Å². The van der Waals surface area contributed by atoms with Gasteiger partial charge in [0, 0.05) is 11.0 Å². The van der Waals surface area contributed by atoms with Gasteiger partial charge in [-0.05, 0) is 48.9 Å². The molecule has 0 spiro atoms. The number of ether oxygens (including phenoxy) is 4. The standard InChI is InChI=1S/C19H18BrNO6/c1-12(27-18(22)10-24-15-5-3-14(20)4-6-15)19(23)21-9-13-2-7-16-17(8-13)26-11-25-16/h2-8,12H,9-11H2,1H3,(H,21,23). The fraction of sp³-hybridized carbons (Fsp3) is 0.263. The van der Waals surface area contributed by atoms with E-state index in [9.17, 15) is 9.59 Å². The van der Waals surface area contributed by atoms with Gasteiger partial charge in [0.15, 0.2) is 24.2 Å². The molecule has 1 amide bonds. The summed E-state index contributed by atoms with van der Waals surface area (Å²) in [6, 6.07) is 12.5. The predicted octanol–water partition coefficient (Wildman–Crippen LogP) is 2.80. The van der Waals surface area contributed by atoms with Gasteiger partial charge < -0.3 is 24.3 Å². The summed E-state index contributed by atoms with van der Waals surface area (Å²) in [5.74, 6) is 0.841. The molecule has 0 fully saturated rings. The monoisotopic (exact) mass is 435 g/mol. The number of carbonyl (C=O) groups excluding carboxylic acids is 2. The zero-order chi connectivity index (χ0) is 19.2. The molecular formula is C19H18BrNO6. The number of rotatable bonds is 7. The number of fused-ring (bicyclic) bond motifs is 1. The van der Waals surface area contributed by atoms with Gasteiger partial charge in [0.1, 0.15) is 5.75 Å². The molecule has 27 heavy (non-hydrogen) atoms. The Kier molecular flexibility index (Phi) is 6.18. The minimum Gasteiger partial charge on any atom is -0.482 e. The maximum atomic E-state index is 12.1. The van der Waals surface area contributed by atoms with Crippen LogP contribution in [0.15, 0.2) is 46.9 Å². The number of halogens is 1. The summed E-state index contributed by atoms with van der Waals surface area (Å²) in [5, 5.41) is 2.72. The fourth-order valence-corrected chi connectivity index (χ4v) is 2.61. The van der Waals surface area contributed by atoms with Crippen LogP contribution in [0.5, 0.6) is 17.2 Å². The van der Waals surface area contributed by atoms with Gasteiger partial charge in [-0.3, -0.25) is 4.79 Å². The maximum Gasteiger partial charge on any atom is 0.344 e. The summed E-state index contributed by atoms with van der Waals surface area (Å²) in [4.78, 5) is 23.9. The molecule has 0 saturated carbocycles. The molecule has 1 aliphatic rings. The molecule has 0 radical (unpaired) electrons. The molecule has 1 atom stereocenters. The summed E-state index contributed by atoms with van der Waals surface area (Å²) in [7, 11) is 0. The Bertz CT molecular complexity index is 823. The van der Waals surface area contributed by atoms with E-state index in [1.54, 1.807) is 36.4 Å². The van der Waals surface area contributed by atoms with E-state index in [1.807, 2.05) is 6.07 Å². The molecule has 2 aromatic rings. The van der Waals surface area contributed by atoms with Crippen molar-refractivity contribution in [3.63, 3.8) is 0 Å². The molecule has 1 heterocycles. The molecule has 7 nitrogen and oxygen atoms in total. The fourth-order valence-electron chi connectivity index (χ4n) is 2.34. The lowest BCUT2D eigenvalue weighted by atomic mass is 10.2. The van der Waals surface area contributed by atoms with Crippen LogP contribution in [0.3, 0.4) is 0 Å². The number of esters is 1. The molecule has 0 aromatic heterocycles. The molecule has 0 bridgehead atoms. The number of hydrogen-bond acceptors (Lipinski definition) is 6. The zero-order valence-corrected chi connectivity index (χ0v) is 16.2. The lowest BCUT2D eigenvalue weighted by Crippen LogP contribution is -2.36. The van der Waals surface area contributed by atoms with E-state index in [0.29, 0.717) is 17.2 Å². The van der Waals surface area contributed by atoms with Crippen LogP contribution >= 0.6 is 15.9 Å². The van der Waals surface area contributed by atoms with Gasteiger partial charge in [-0.1, -0.05) is 22.0 Å². The van der Waals surface area contributed by atoms with Crippen molar-refractivity contribution in [2.45, 2.75) is 19.6 Å². The molecule has 0 aliphatic carbocycles. The quantitative estimate of drug-likeness (QED) is 0.673. The number of hydrogen-bond donors (Lipinski definition) is 1. The highest BCUT2D eigenvalue weighted by Crippen LogP contribution is 2.32. The van der Waals surface area contributed by atoms with E-state index in [4.69, 9.17) is 18.9 Å². The van der Waals surface area contributed by atoms with Gasteiger partial charge in [-0.25, -0.2) is 4.79 Å². The third kappa shape index (κ3) is 5.37. The maximum absolute atomic E-state index is 12.1. The van der Waals surface area contributed by atoms with E-state index in [2.05, 4.69) is 21.2 Å². The van der Waals surface area contributed by atoms with E-state index in [1.165, 1.54) is 6.92 Å². The van der Waals surface area contributed by atoms with Gasteiger partial charge in [0.05, 0.1) is 0 Å². The molecule has 1 unspecified atom stereocenters. The van der Waals surface area contributed by atoms with Crippen LogP contribution < -0.4 is 19.5 Å². The molecule has 2 aromatic carbocycles. The lowest BCUT2D eigenvalue weighted by molar-refractivity contribution is -0.156. The first-order valence-electron chi connectivity index (χ1n) is 8.25. The van der Waals surface area contributed by atoms with Crippen molar-refractivity contribution in [3.05, 3.63) is 52.5 Å². The summed E-state index contributed by atoms with van der Waals surface area (Å²) >= 11 is 3.32. The molecule has 1 aliphatic heterocycles.